The number of ether oxygens (including phenoxy) is 1. The van der Waals surface area contributed by atoms with Gasteiger partial charge in [0.1, 0.15) is 11.4 Å². The molecule has 0 aliphatic carbocycles. The van der Waals surface area contributed by atoms with Gasteiger partial charge in [0, 0.05) is 19.2 Å². The van der Waals surface area contributed by atoms with Gasteiger partial charge in [0.2, 0.25) is 10.0 Å². The van der Waals surface area contributed by atoms with Crippen LogP contribution in [0.4, 0.5) is 14.9 Å². The van der Waals surface area contributed by atoms with E-state index in [-0.39, 0.29) is 22.8 Å². The fourth-order valence-electron chi connectivity index (χ4n) is 3.90. The van der Waals surface area contributed by atoms with Gasteiger partial charge in [-0.2, -0.15) is 4.79 Å². The van der Waals surface area contributed by atoms with E-state index in [1.54, 1.807) is 29.7 Å². The maximum absolute atomic E-state index is 14.4. The quantitative estimate of drug-likeness (QED) is 0.581. The van der Waals surface area contributed by atoms with Crippen LogP contribution < -0.4 is 10.5 Å². The van der Waals surface area contributed by atoms with Gasteiger partial charge >= 0.3 is 6.09 Å². The summed E-state index contributed by atoms with van der Waals surface area (Å²) in [7, 11) is -3.79. The molecule has 2 aromatic rings. The maximum atomic E-state index is 14.4. The second kappa shape index (κ2) is 10.4. The van der Waals surface area contributed by atoms with E-state index < -0.39 is 15.6 Å². The largest absolute Gasteiger partial charge is 0.596 e. The van der Waals surface area contributed by atoms with E-state index in [1.165, 1.54) is 18.2 Å². The molecule has 1 heterocycles. The van der Waals surface area contributed by atoms with Crippen molar-refractivity contribution in [3.05, 3.63) is 59.4 Å². The highest BCUT2D eigenvalue weighted by Gasteiger charge is 2.33. The van der Waals surface area contributed by atoms with Gasteiger partial charge in [0.15, 0.2) is 12.3 Å². The summed E-state index contributed by atoms with van der Waals surface area (Å²) in [6.07, 6.45) is -0.361. The minimum absolute atomic E-state index is 0.0180. The maximum Gasteiger partial charge on any atom is 0.596 e. The highest BCUT2D eigenvalue weighted by molar-refractivity contribution is 7.89. The summed E-state index contributed by atoms with van der Waals surface area (Å²) in [5, 5.41) is 8.59. The van der Waals surface area contributed by atoms with Crippen LogP contribution in [0.1, 0.15) is 44.9 Å². The van der Waals surface area contributed by atoms with Crippen LogP contribution in [-0.2, 0) is 14.8 Å². The molecule has 0 radical (unpaired) electrons. The zero-order valence-electron chi connectivity index (χ0n) is 20.8. The Bertz CT molecular complexity index is 1220. The average molecular weight is 506 g/mol. The first kappa shape index (κ1) is 26.8. The first-order valence-electron chi connectivity index (χ1n) is 11.4. The Morgan fingerprint density at radius 1 is 1.20 bits per heavy atom. The number of hydrogen-bond donors (Lipinski definition) is 2. The molecule has 0 spiro atoms. The zero-order chi connectivity index (χ0) is 26.0. The molecule has 1 amide bonds. The van der Waals surface area contributed by atoms with Crippen molar-refractivity contribution in [1.82, 2.24) is 4.90 Å². The summed E-state index contributed by atoms with van der Waals surface area (Å²) in [6, 6.07) is 11.0. The van der Waals surface area contributed by atoms with E-state index in [9.17, 15) is 17.6 Å². The summed E-state index contributed by atoms with van der Waals surface area (Å²) in [5.74, 6) is -0.295. The Morgan fingerprint density at radius 2 is 1.86 bits per heavy atom. The molecule has 1 aliphatic heterocycles. The van der Waals surface area contributed by atoms with Crippen LogP contribution in [0.2, 0.25) is 0 Å². The predicted molar refractivity (Wildman–Crippen MR) is 134 cm³/mol. The number of carbonyl (C=O) groups is 1. The van der Waals surface area contributed by atoms with Crippen molar-refractivity contribution in [1.29, 1.82) is 0 Å². The molecular formula is C25H34FN4O4S+. The first-order chi connectivity index (χ1) is 16.2. The van der Waals surface area contributed by atoms with Gasteiger partial charge < -0.3 is 10.1 Å². The number of amides is 1. The molecule has 8 nitrogen and oxygen atoms in total. The first-order valence-corrected chi connectivity index (χ1v) is 13.0. The van der Waals surface area contributed by atoms with Crippen LogP contribution in [0.25, 0.3) is 0 Å². The average Bonchev–Trinajstić information content (AvgIpc) is 2.74. The van der Waals surface area contributed by atoms with Crippen molar-refractivity contribution in [2.24, 2.45) is 5.14 Å². The number of nitrogens with two attached hydrogens (primary N) is 1. The molecule has 0 fully saturated rings. The summed E-state index contributed by atoms with van der Waals surface area (Å²) < 4.78 is 44.7. The molecule has 1 aliphatic rings. The predicted octanol–water partition coefficient (Wildman–Crippen LogP) is 3.66. The monoisotopic (exact) mass is 505 g/mol. The van der Waals surface area contributed by atoms with E-state index in [0.29, 0.717) is 37.4 Å². The lowest BCUT2D eigenvalue weighted by Crippen LogP contribution is -2.48. The Morgan fingerprint density at radius 3 is 2.40 bits per heavy atom. The van der Waals surface area contributed by atoms with Crippen molar-refractivity contribution in [3.63, 3.8) is 0 Å². The fourth-order valence-corrected chi connectivity index (χ4v) is 4.42. The summed E-state index contributed by atoms with van der Waals surface area (Å²) in [4.78, 5) is 14.7. The standard InChI is InChI=1S/C25H34FN4O4S/c1-17-6-7-19(14-22(17)26)23(28-20-8-10-21(11-9-20)35(27,32)33)16-29-12-13-30(18(2)15-29)24(31)34-25(3,4)5/h6-11,14,23,28H,12-13,15-16H2,1-5H3,(H2,27,32,33)/q+1. The fraction of sp³-hybridized carbons (Fsp3) is 0.440. The van der Waals surface area contributed by atoms with Crippen molar-refractivity contribution in [2.75, 3.05) is 31.5 Å². The highest BCUT2D eigenvalue weighted by atomic mass is 32.2. The molecule has 3 N–H and O–H groups in total. The minimum Gasteiger partial charge on any atom is -0.406 e. The number of nitrogens with one attached hydrogen (secondary N) is 1. The number of nitrogens with zero attached hydrogens (tertiary/aromatic N) is 2. The van der Waals surface area contributed by atoms with Crippen LogP contribution >= 0.6 is 0 Å². The lowest BCUT2D eigenvalue weighted by molar-refractivity contribution is -0.458. The number of benzene rings is 2. The number of halogens is 1. The number of hydrogen-bond acceptors (Lipinski definition) is 6. The summed E-state index contributed by atoms with van der Waals surface area (Å²) in [6.45, 7) is 11.3. The van der Waals surface area contributed by atoms with Crippen LogP contribution in [-0.4, -0.2) is 61.5 Å². The van der Waals surface area contributed by atoms with Crippen LogP contribution in [0.5, 0.6) is 0 Å². The van der Waals surface area contributed by atoms with E-state index in [0.717, 1.165) is 11.3 Å². The lowest BCUT2D eigenvalue weighted by atomic mass is 10.0. The summed E-state index contributed by atoms with van der Waals surface area (Å²) in [5.41, 5.74) is 2.29. The number of sulfonamides is 1. The van der Waals surface area contributed by atoms with E-state index in [2.05, 4.69) is 10.2 Å². The SMILES string of the molecule is CC1=[N+](C(=O)OC(C)(C)C)CCN(CC(Nc2ccc(S(N)(=O)=O)cc2)c2ccc(C)c(F)c2)C1. The lowest BCUT2D eigenvalue weighted by Gasteiger charge is -2.30. The van der Waals surface area contributed by atoms with E-state index >= 15 is 0 Å². The second-order valence-corrected chi connectivity index (χ2v) is 11.4. The zero-order valence-corrected chi connectivity index (χ0v) is 21.7. The molecule has 0 bridgehead atoms. The van der Waals surface area contributed by atoms with E-state index in [1.807, 2.05) is 33.8 Å². The van der Waals surface area contributed by atoms with Crippen LogP contribution in [0.15, 0.2) is 47.4 Å². The highest BCUT2D eigenvalue weighted by Crippen LogP contribution is 2.24. The number of rotatable bonds is 6. The van der Waals surface area contributed by atoms with Crippen molar-refractivity contribution >= 4 is 27.5 Å². The molecule has 35 heavy (non-hydrogen) atoms. The minimum atomic E-state index is -3.79. The van der Waals surface area contributed by atoms with Gasteiger partial charge in [0.25, 0.3) is 0 Å². The van der Waals surface area contributed by atoms with Gasteiger partial charge in [-0.05, 0) is 69.2 Å². The van der Waals surface area contributed by atoms with Crippen LogP contribution in [0.3, 0.4) is 0 Å². The third kappa shape index (κ3) is 7.33. The molecule has 10 heteroatoms. The Balaban J connectivity index is 1.81. The molecule has 0 saturated carbocycles. The van der Waals surface area contributed by atoms with Gasteiger partial charge in [-0.1, -0.05) is 12.1 Å². The molecule has 0 saturated heterocycles. The third-order valence-electron chi connectivity index (χ3n) is 5.73. The van der Waals surface area contributed by atoms with Gasteiger partial charge in [-0.15, -0.1) is 4.58 Å². The molecule has 190 valence electrons. The molecule has 0 aromatic heterocycles. The molecular weight excluding hydrogens is 471 g/mol. The summed E-state index contributed by atoms with van der Waals surface area (Å²) >= 11 is 0. The van der Waals surface area contributed by atoms with Gasteiger partial charge in [-0.3, -0.25) is 4.90 Å². The number of primary sulfonamides is 1. The molecule has 1 atom stereocenters. The van der Waals surface area contributed by atoms with Crippen molar-refractivity contribution in [2.45, 2.75) is 51.2 Å². The van der Waals surface area contributed by atoms with Crippen molar-refractivity contribution in [3.8, 4) is 0 Å². The van der Waals surface area contributed by atoms with Crippen LogP contribution in [0, 0.1) is 12.7 Å². The molecule has 1 unspecified atom stereocenters. The van der Waals surface area contributed by atoms with Gasteiger partial charge in [0.05, 0.1) is 24.0 Å². The second-order valence-electron chi connectivity index (χ2n) is 9.88. The van der Waals surface area contributed by atoms with Crippen molar-refractivity contribution < 1.29 is 26.9 Å². The smallest absolute Gasteiger partial charge is 0.406 e. The van der Waals surface area contributed by atoms with Gasteiger partial charge in [-0.25, -0.2) is 17.9 Å². The number of anilines is 1. The van der Waals surface area contributed by atoms with E-state index in [4.69, 9.17) is 9.88 Å². The number of carbonyl (C=O) groups excluding carboxylic acids is 1. The third-order valence-corrected chi connectivity index (χ3v) is 6.66. The molecule has 2 aromatic carbocycles. The molecule has 3 rings (SSSR count). The topological polar surface area (TPSA) is 105 Å². The number of aryl methyl sites for hydroxylation is 1. The Labute approximate surface area is 206 Å². The Kier molecular flexibility index (Phi) is 7.98. The Hall–Kier alpha value is -2.82. The normalized spacial score (nSPS) is 16.2.